The van der Waals surface area contributed by atoms with Crippen molar-refractivity contribution in [1.82, 2.24) is 5.43 Å². The summed E-state index contributed by atoms with van der Waals surface area (Å²) in [6.07, 6.45) is -5.97. The summed E-state index contributed by atoms with van der Waals surface area (Å²) in [7, 11) is 0. The van der Waals surface area contributed by atoms with Crippen LogP contribution in [0, 0.1) is 0 Å². The van der Waals surface area contributed by atoms with E-state index in [1.807, 2.05) is 0 Å². The van der Waals surface area contributed by atoms with Crippen LogP contribution in [0.25, 0.3) is 0 Å². The van der Waals surface area contributed by atoms with Crippen molar-refractivity contribution in [3.63, 3.8) is 0 Å². The van der Waals surface area contributed by atoms with Crippen LogP contribution >= 0.6 is 15.9 Å². The van der Waals surface area contributed by atoms with Crippen molar-refractivity contribution in [2.75, 3.05) is 0 Å². The number of hydrogen-bond donors (Lipinski definition) is 2. The molecular weight excluding hydrogens is 377 g/mol. The number of rotatable bonds is 4. The van der Waals surface area contributed by atoms with E-state index in [1.54, 1.807) is 0 Å². The van der Waals surface area contributed by atoms with E-state index in [9.17, 15) is 35.8 Å². The van der Waals surface area contributed by atoms with E-state index >= 15 is 0 Å². The first kappa shape index (κ1) is 17.5. The molecule has 0 atom stereocenters. The van der Waals surface area contributed by atoms with Crippen LogP contribution in [0.3, 0.4) is 0 Å². The van der Waals surface area contributed by atoms with Gasteiger partial charge < -0.3 is 5.11 Å². The van der Waals surface area contributed by atoms with Gasteiger partial charge in [0.2, 0.25) is 0 Å². The number of hydrazone groups is 1. The Hall–Kier alpha value is -1.52. The molecule has 0 unspecified atom stereocenters. The lowest BCUT2D eigenvalue weighted by Crippen LogP contribution is -2.58. The monoisotopic (exact) mass is 382 g/mol. The maximum absolute atomic E-state index is 12.8. The molecule has 0 aliphatic rings. The molecule has 3 nitrogen and oxygen atoms in total. The molecule has 0 spiro atoms. The first-order chi connectivity index (χ1) is 9.38. The average Bonchev–Trinajstić information content (AvgIpc) is 2.31. The quantitative estimate of drug-likeness (QED) is 0.359. The molecule has 0 saturated carbocycles. The number of nitrogens with zero attached hydrogens (tertiary/aromatic N) is 1. The molecule has 0 aliphatic heterocycles. The van der Waals surface area contributed by atoms with Gasteiger partial charge in [-0.25, -0.2) is 5.43 Å². The molecule has 0 aliphatic carbocycles. The van der Waals surface area contributed by atoms with E-state index in [4.69, 9.17) is 0 Å². The Labute approximate surface area is 121 Å². The number of halogens is 8. The number of alkyl halides is 7. The van der Waals surface area contributed by atoms with Crippen LogP contribution in [-0.2, 0) is 0 Å². The van der Waals surface area contributed by atoms with Crippen LogP contribution in [0.1, 0.15) is 5.56 Å². The Morgan fingerprint density at radius 1 is 1.10 bits per heavy atom. The Morgan fingerprint density at radius 3 is 2.19 bits per heavy atom. The summed E-state index contributed by atoms with van der Waals surface area (Å²) < 4.78 is 86.5. The first-order valence-electron chi connectivity index (χ1n) is 4.99. The van der Waals surface area contributed by atoms with Crippen molar-refractivity contribution in [3.8, 4) is 5.75 Å². The summed E-state index contributed by atoms with van der Waals surface area (Å²) >= 11 is 2.98. The maximum atomic E-state index is 12.8. The molecule has 0 radical (unpaired) electrons. The first-order valence-corrected chi connectivity index (χ1v) is 5.79. The molecular formula is C10H6BrF7N2O. The van der Waals surface area contributed by atoms with E-state index < -0.39 is 23.9 Å². The summed E-state index contributed by atoms with van der Waals surface area (Å²) in [5.74, 6) is -6.74. The molecule has 2 N–H and O–H groups in total. The average molecular weight is 383 g/mol. The third-order valence-corrected chi connectivity index (χ3v) is 2.64. The molecule has 21 heavy (non-hydrogen) atoms. The lowest BCUT2D eigenvalue weighted by Gasteiger charge is -2.27. The van der Waals surface area contributed by atoms with Crippen LogP contribution in [-0.4, -0.2) is 29.5 Å². The highest BCUT2D eigenvalue weighted by Gasteiger charge is 2.73. The van der Waals surface area contributed by atoms with Crippen LogP contribution in [0.4, 0.5) is 30.7 Å². The second-order valence-corrected chi connectivity index (χ2v) is 4.64. The second kappa shape index (κ2) is 5.70. The highest BCUT2D eigenvalue weighted by Crippen LogP contribution is 2.44. The van der Waals surface area contributed by atoms with E-state index in [1.165, 1.54) is 12.1 Å². The molecule has 118 valence electrons. The molecule has 0 aromatic heterocycles. The minimum Gasteiger partial charge on any atom is -0.507 e. The number of nitrogens with one attached hydrogen (secondary N) is 1. The SMILES string of the molecule is Oc1ccc(Br)cc1/C=N\NC(F)(F)C(F)(F)C(F)(F)F. The predicted octanol–water partition coefficient (Wildman–Crippen LogP) is 3.87. The Kier molecular flexibility index (Phi) is 4.76. The molecule has 0 saturated heterocycles. The zero-order valence-electron chi connectivity index (χ0n) is 9.73. The minimum absolute atomic E-state index is 0.178. The smallest absolute Gasteiger partial charge is 0.462 e. The number of benzene rings is 1. The Bertz CT molecular complexity index is 545. The van der Waals surface area contributed by atoms with Crippen LogP contribution in [0.5, 0.6) is 5.75 Å². The van der Waals surface area contributed by atoms with E-state index in [-0.39, 0.29) is 5.56 Å². The van der Waals surface area contributed by atoms with Crippen molar-refractivity contribution in [2.24, 2.45) is 5.10 Å². The second-order valence-electron chi connectivity index (χ2n) is 3.72. The van der Waals surface area contributed by atoms with Gasteiger partial charge in [-0.15, -0.1) is 0 Å². The van der Waals surface area contributed by atoms with Gasteiger partial charge in [0.15, 0.2) is 0 Å². The summed E-state index contributed by atoms with van der Waals surface area (Å²) in [5, 5.41) is 11.9. The molecule has 0 bridgehead atoms. The van der Waals surface area contributed by atoms with Gasteiger partial charge in [-0.3, -0.25) is 0 Å². The van der Waals surface area contributed by atoms with Gasteiger partial charge in [-0.05, 0) is 18.2 Å². The van der Waals surface area contributed by atoms with Gasteiger partial charge in [-0.2, -0.15) is 35.8 Å². The number of aromatic hydroxyl groups is 1. The number of phenolic OH excluding ortho intramolecular Hbond substituents is 1. The third kappa shape index (κ3) is 3.77. The molecule has 0 heterocycles. The third-order valence-electron chi connectivity index (χ3n) is 2.15. The lowest BCUT2D eigenvalue weighted by molar-refractivity contribution is -0.361. The van der Waals surface area contributed by atoms with E-state index in [2.05, 4.69) is 21.0 Å². The van der Waals surface area contributed by atoms with Crippen molar-refractivity contribution in [2.45, 2.75) is 18.1 Å². The minimum atomic E-state index is -6.45. The van der Waals surface area contributed by atoms with Gasteiger partial charge in [0.1, 0.15) is 5.75 Å². The normalized spacial score (nSPS) is 13.7. The summed E-state index contributed by atoms with van der Waals surface area (Å²) in [4.78, 5) is 0. The molecule has 0 amide bonds. The molecule has 1 aromatic carbocycles. The zero-order valence-corrected chi connectivity index (χ0v) is 11.3. The van der Waals surface area contributed by atoms with Crippen molar-refractivity contribution in [1.29, 1.82) is 0 Å². The molecule has 0 fully saturated rings. The summed E-state index contributed by atoms with van der Waals surface area (Å²) in [6.45, 7) is 0. The van der Waals surface area contributed by atoms with Crippen LogP contribution in [0.2, 0.25) is 0 Å². The van der Waals surface area contributed by atoms with E-state index in [0.29, 0.717) is 16.1 Å². The fourth-order valence-electron chi connectivity index (χ4n) is 1.06. The van der Waals surface area contributed by atoms with Crippen molar-refractivity contribution >= 4 is 22.1 Å². The standard InChI is InChI=1S/C10H6BrF7N2O/c11-6-1-2-7(21)5(3-6)4-19-20-10(17,18)8(12,13)9(14,15)16/h1-4,20-21H/b19-4-. The van der Waals surface area contributed by atoms with Gasteiger partial charge in [-0.1, -0.05) is 15.9 Å². The fraction of sp³-hybridized carbons (Fsp3) is 0.300. The largest absolute Gasteiger partial charge is 0.507 e. The molecule has 1 rings (SSSR count). The highest BCUT2D eigenvalue weighted by atomic mass is 79.9. The van der Waals surface area contributed by atoms with Gasteiger partial charge in [0.05, 0.1) is 6.21 Å². The number of phenols is 1. The zero-order chi connectivity index (χ0) is 16.5. The van der Waals surface area contributed by atoms with Crippen molar-refractivity contribution < 1.29 is 35.8 Å². The maximum Gasteiger partial charge on any atom is 0.462 e. The van der Waals surface area contributed by atoms with Crippen LogP contribution < -0.4 is 5.43 Å². The number of hydrogen-bond acceptors (Lipinski definition) is 3. The van der Waals surface area contributed by atoms with Gasteiger partial charge >= 0.3 is 18.1 Å². The lowest BCUT2D eigenvalue weighted by atomic mass is 10.2. The summed E-state index contributed by atoms with van der Waals surface area (Å²) in [6, 6.07) is -1.95. The van der Waals surface area contributed by atoms with Crippen molar-refractivity contribution in [3.05, 3.63) is 28.2 Å². The highest BCUT2D eigenvalue weighted by molar-refractivity contribution is 9.10. The molecule has 1 aromatic rings. The van der Waals surface area contributed by atoms with E-state index in [0.717, 1.165) is 6.07 Å². The van der Waals surface area contributed by atoms with Crippen LogP contribution in [0.15, 0.2) is 27.8 Å². The van der Waals surface area contributed by atoms with Gasteiger partial charge in [0, 0.05) is 10.0 Å². The van der Waals surface area contributed by atoms with Gasteiger partial charge in [0.25, 0.3) is 0 Å². The topological polar surface area (TPSA) is 44.6 Å². The Morgan fingerprint density at radius 2 is 1.67 bits per heavy atom. The Balaban J connectivity index is 2.91. The fourth-order valence-corrected chi connectivity index (χ4v) is 1.44. The predicted molar refractivity (Wildman–Crippen MR) is 62.5 cm³/mol. The molecule has 11 heteroatoms. The summed E-state index contributed by atoms with van der Waals surface area (Å²) in [5.41, 5.74) is 0.263.